The maximum Gasteiger partial charge on any atom is 0.306 e. The molecule has 6 nitrogen and oxygen atoms in total. The molecular formula is C59H96O6. The Morgan fingerprint density at radius 3 is 0.985 bits per heavy atom. The lowest BCUT2D eigenvalue weighted by molar-refractivity contribution is -0.167. The third-order valence-electron chi connectivity index (χ3n) is 10.7. The Hall–Kier alpha value is -3.93. The molecule has 65 heavy (non-hydrogen) atoms. The highest BCUT2D eigenvalue weighted by molar-refractivity contribution is 5.71. The van der Waals surface area contributed by atoms with Crippen molar-refractivity contribution in [2.75, 3.05) is 13.2 Å². The summed E-state index contributed by atoms with van der Waals surface area (Å²) < 4.78 is 16.7. The summed E-state index contributed by atoms with van der Waals surface area (Å²) in [5, 5.41) is 0. The largest absolute Gasteiger partial charge is 0.462 e. The number of rotatable bonds is 46. The van der Waals surface area contributed by atoms with Crippen molar-refractivity contribution in [3.05, 3.63) is 109 Å². The van der Waals surface area contributed by atoms with E-state index < -0.39 is 6.10 Å². The number of allylic oxidation sites excluding steroid dienone is 18. The molecule has 1 atom stereocenters. The molecule has 0 fully saturated rings. The molecule has 0 N–H and O–H groups in total. The maximum absolute atomic E-state index is 12.8. The maximum atomic E-state index is 12.8. The second-order valence-corrected chi connectivity index (χ2v) is 17.0. The zero-order valence-corrected chi connectivity index (χ0v) is 42.0. The zero-order valence-electron chi connectivity index (χ0n) is 42.0. The van der Waals surface area contributed by atoms with Gasteiger partial charge in [-0.15, -0.1) is 0 Å². The summed E-state index contributed by atoms with van der Waals surface area (Å²) >= 11 is 0. The van der Waals surface area contributed by atoms with E-state index in [0.717, 1.165) is 109 Å². The molecule has 0 rings (SSSR count). The van der Waals surface area contributed by atoms with E-state index in [9.17, 15) is 14.4 Å². The third-order valence-corrected chi connectivity index (χ3v) is 10.7. The molecule has 0 spiro atoms. The third kappa shape index (κ3) is 50.9. The molecule has 0 aromatic rings. The van der Waals surface area contributed by atoms with Crippen molar-refractivity contribution < 1.29 is 28.6 Å². The van der Waals surface area contributed by atoms with Crippen LogP contribution in [0, 0.1) is 0 Å². The molecule has 0 radical (unpaired) electrons. The van der Waals surface area contributed by atoms with Crippen molar-refractivity contribution in [3.63, 3.8) is 0 Å². The van der Waals surface area contributed by atoms with Crippen LogP contribution < -0.4 is 0 Å². The van der Waals surface area contributed by atoms with Crippen molar-refractivity contribution in [1.82, 2.24) is 0 Å². The van der Waals surface area contributed by atoms with Crippen LogP contribution in [0.15, 0.2) is 109 Å². The van der Waals surface area contributed by atoms with Crippen molar-refractivity contribution in [2.24, 2.45) is 0 Å². The van der Waals surface area contributed by atoms with Crippen LogP contribution in [-0.4, -0.2) is 37.2 Å². The van der Waals surface area contributed by atoms with Crippen LogP contribution in [0.5, 0.6) is 0 Å². The first kappa shape index (κ1) is 61.1. The van der Waals surface area contributed by atoms with E-state index in [0.29, 0.717) is 19.3 Å². The first-order valence-electron chi connectivity index (χ1n) is 26.4. The first-order valence-corrected chi connectivity index (χ1v) is 26.4. The number of esters is 3. The number of hydrogen-bond donors (Lipinski definition) is 0. The van der Waals surface area contributed by atoms with Gasteiger partial charge in [0, 0.05) is 19.3 Å². The van der Waals surface area contributed by atoms with E-state index in [-0.39, 0.29) is 37.5 Å². The minimum Gasteiger partial charge on any atom is -0.462 e. The fourth-order valence-corrected chi connectivity index (χ4v) is 6.83. The molecule has 0 saturated carbocycles. The molecule has 0 heterocycles. The molecule has 0 saturated heterocycles. The second kappa shape index (κ2) is 52.7. The van der Waals surface area contributed by atoms with Gasteiger partial charge in [-0.2, -0.15) is 0 Å². The average Bonchev–Trinajstić information content (AvgIpc) is 3.30. The van der Waals surface area contributed by atoms with Crippen LogP contribution in [0.4, 0.5) is 0 Å². The molecule has 1 unspecified atom stereocenters. The van der Waals surface area contributed by atoms with E-state index in [2.05, 4.69) is 130 Å². The predicted octanol–water partition coefficient (Wildman–Crippen LogP) is 17.5. The van der Waals surface area contributed by atoms with Gasteiger partial charge >= 0.3 is 17.9 Å². The lowest BCUT2D eigenvalue weighted by Gasteiger charge is -2.18. The fraction of sp³-hybridized carbons (Fsp3) is 0.644. The van der Waals surface area contributed by atoms with Gasteiger partial charge in [0.1, 0.15) is 13.2 Å². The summed E-state index contributed by atoms with van der Waals surface area (Å²) in [7, 11) is 0. The number of carbonyl (C=O) groups excluding carboxylic acids is 3. The molecule has 0 aliphatic carbocycles. The topological polar surface area (TPSA) is 78.9 Å². The van der Waals surface area contributed by atoms with Gasteiger partial charge in [-0.3, -0.25) is 14.4 Å². The van der Waals surface area contributed by atoms with E-state index in [1.165, 1.54) is 70.6 Å². The van der Waals surface area contributed by atoms with E-state index in [1.807, 2.05) is 0 Å². The van der Waals surface area contributed by atoms with Crippen molar-refractivity contribution in [3.8, 4) is 0 Å². The summed E-state index contributed by atoms with van der Waals surface area (Å²) in [6.45, 7) is 6.31. The normalized spacial score (nSPS) is 13.0. The number of ether oxygens (including phenoxy) is 3. The highest BCUT2D eigenvalue weighted by atomic mass is 16.6. The summed E-state index contributed by atoms with van der Waals surface area (Å²) in [5.74, 6) is -0.990. The monoisotopic (exact) mass is 901 g/mol. The quantitative estimate of drug-likeness (QED) is 0.0262. The lowest BCUT2D eigenvalue weighted by Crippen LogP contribution is -2.30. The Kier molecular flexibility index (Phi) is 49.5. The molecule has 0 amide bonds. The van der Waals surface area contributed by atoms with Crippen molar-refractivity contribution in [2.45, 2.75) is 232 Å². The molecule has 0 bridgehead atoms. The van der Waals surface area contributed by atoms with Crippen LogP contribution in [-0.2, 0) is 28.6 Å². The zero-order chi connectivity index (χ0) is 47.2. The Bertz CT molecular complexity index is 1360. The lowest BCUT2D eigenvalue weighted by atomic mass is 10.1. The first-order chi connectivity index (χ1) is 32.0. The van der Waals surface area contributed by atoms with Crippen LogP contribution in [0.1, 0.15) is 226 Å². The fourth-order valence-electron chi connectivity index (χ4n) is 6.83. The van der Waals surface area contributed by atoms with Crippen molar-refractivity contribution in [1.29, 1.82) is 0 Å². The Labute approximate surface area is 400 Å². The molecular weight excluding hydrogens is 805 g/mol. The minimum absolute atomic E-state index is 0.108. The average molecular weight is 901 g/mol. The minimum atomic E-state index is -0.815. The van der Waals surface area contributed by atoms with Gasteiger partial charge in [0.25, 0.3) is 0 Å². The van der Waals surface area contributed by atoms with Gasteiger partial charge in [-0.25, -0.2) is 0 Å². The molecule has 0 aliphatic rings. The highest BCUT2D eigenvalue weighted by Gasteiger charge is 2.19. The summed E-state index contributed by atoms with van der Waals surface area (Å²) in [5.41, 5.74) is 0. The predicted molar refractivity (Wildman–Crippen MR) is 279 cm³/mol. The van der Waals surface area contributed by atoms with Crippen molar-refractivity contribution >= 4 is 17.9 Å². The summed E-state index contributed by atoms with van der Waals surface area (Å²) in [4.78, 5) is 38.0. The van der Waals surface area contributed by atoms with Gasteiger partial charge < -0.3 is 14.2 Å². The summed E-state index contributed by atoms with van der Waals surface area (Å²) in [6.07, 6.45) is 70.8. The van der Waals surface area contributed by atoms with E-state index >= 15 is 0 Å². The number of carbonyl (C=O) groups is 3. The Morgan fingerprint density at radius 2 is 0.600 bits per heavy atom. The smallest absolute Gasteiger partial charge is 0.306 e. The van der Waals surface area contributed by atoms with Gasteiger partial charge in [0.15, 0.2) is 6.10 Å². The summed E-state index contributed by atoms with van der Waals surface area (Å²) in [6, 6.07) is 0. The SMILES string of the molecule is CC/C=C\C/C=C\C/C=C\C/C=C\CCCCC(=O)OC(COC(=O)CCCCC/C=C\C/C=C\C/C=C\CC)COC(=O)CCCCCCCCCCC/C=C\C/C=C\CCCCC. The van der Waals surface area contributed by atoms with Gasteiger partial charge in [-0.1, -0.05) is 194 Å². The Balaban J connectivity index is 4.47. The highest BCUT2D eigenvalue weighted by Crippen LogP contribution is 2.13. The molecule has 6 heteroatoms. The van der Waals surface area contributed by atoms with Crippen LogP contribution >= 0.6 is 0 Å². The molecule has 0 aromatic carbocycles. The number of unbranched alkanes of at least 4 members (excludes halogenated alkanes) is 17. The number of hydrogen-bond acceptors (Lipinski definition) is 6. The van der Waals surface area contributed by atoms with Gasteiger partial charge in [0.05, 0.1) is 0 Å². The van der Waals surface area contributed by atoms with Gasteiger partial charge in [0.2, 0.25) is 0 Å². The molecule has 0 aromatic heterocycles. The van der Waals surface area contributed by atoms with Gasteiger partial charge in [-0.05, 0) is 122 Å². The van der Waals surface area contributed by atoms with Crippen LogP contribution in [0.2, 0.25) is 0 Å². The molecule has 368 valence electrons. The second-order valence-electron chi connectivity index (χ2n) is 17.0. The molecule has 0 aliphatic heterocycles. The van der Waals surface area contributed by atoms with E-state index in [4.69, 9.17) is 14.2 Å². The van der Waals surface area contributed by atoms with E-state index in [1.54, 1.807) is 0 Å². The van der Waals surface area contributed by atoms with Crippen LogP contribution in [0.25, 0.3) is 0 Å². The standard InChI is InChI=1S/C59H96O6/c1-4-7-10-13-16-19-22-25-27-28-29-30-32-34-37-40-43-46-49-52-58(61)64-55-56(54-63-57(60)51-48-45-42-39-36-33-24-21-18-15-12-9-6-3)65-59(62)53-50-47-44-41-38-35-31-26-23-20-17-14-11-8-5-2/h8-9,11-12,16-21,25-27,31,33,36,38,41,56H,4-7,10,13-15,22-24,28-30,32,34-35,37,39-40,42-55H2,1-3H3/b11-8-,12-9-,19-16-,20-17-,21-18-,27-25-,31-26-,36-33-,41-38-. The Morgan fingerprint density at radius 1 is 0.323 bits per heavy atom. The van der Waals surface area contributed by atoms with Crippen LogP contribution in [0.3, 0.4) is 0 Å².